The van der Waals surface area contributed by atoms with E-state index in [1.54, 1.807) is 18.2 Å². The van der Waals surface area contributed by atoms with Crippen LogP contribution in [0.2, 0.25) is 5.02 Å². The quantitative estimate of drug-likeness (QED) is 0.732. The van der Waals surface area contributed by atoms with E-state index in [2.05, 4.69) is 5.32 Å². The molecule has 3 nitrogen and oxygen atoms in total. The molecule has 1 fully saturated rings. The number of carbonyl (C=O) groups is 1. The number of hydrogen-bond acceptors (Lipinski definition) is 2. The molecule has 0 aliphatic heterocycles. The molecule has 4 heteroatoms. The Balaban J connectivity index is 2.17. The molecule has 74 valence electrons. The van der Waals surface area contributed by atoms with E-state index < -0.39 is 0 Å². The van der Waals surface area contributed by atoms with Gasteiger partial charge in [0.1, 0.15) is 0 Å². The van der Waals surface area contributed by atoms with E-state index in [-0.39, 0.29) is 5.91 Å². The molecule has 0 saturated heterocycles. The third-order valence-corrected chi connectivity index (χ3v) is 2.41. The minimum Gasteiger partial charge on any atom is -0.398 e. The smallest absolute Gasteiger partial charge is 0.253 e. The topological polar surface area (TPSA) is 55.1 Å². The van der Waals surface area contributed by atoms with Crippen LogP contribution in [0, 0.1) is 0 Å². The number of rotatable bonds is 2. The standard InChI is InChI=1S/C10H11ClN2O/c11-6-1-4-8(9(12)5-6)10(14)13-7-2-3-7/h1,4-5,7H,2-3,12H2,(H,13,14). The van der Waals surface area contributed by atoms with Gasteiger partial charge in [0.25, 0.3) is 5.91 Å². The lowest BCUT2D eigenvalue weighted by Gasteiger charge is -2.06. The molecule has 0 heterocycles. The fourth-order valence-corrected chi connectivity index (χ4v) is 1.41. The largest absolute Gasteiger partial charge is 0.398 e. The molecule has 1 saturated carbocycles. The van der Waals surface area contributed by atoms with Crippen LogP contribution in [0.5, 0.6) is 0 Å². The van der Waals surface area contributed by atoms with Crippen LogP contribution in [-0.4, -0.2) is 11.9 Å². The van der Waals surface area contributed by atoms with Gasteiger partial charge in [0, 0.05) is 16.8 Å². The van der Waals surface area contributed by atoms with Crippen molar-refractivity contribution in [3.8, 4) is 0 Å². The molecule has 14 heavy (non-hydrogen) atoms. The summed E-state index contributed by atoms with van der Waals surface area (Å²) in [7, 11) is 0. The third kappa shape index (κ3) is 1.99. The second-order valence-electron chi connectivity index (χ2n) is 3.48. The van der Waals surface area contributed by atoms with Gasteiger partial charge in [0.05, 0.1) is 5.56 Å². The molecule has 0 radical (unpaired) electrons. The maximum absolute atomic E-state index is 11.6. The molecule has 3 N–H and O–H groups in total. The molecule has 0 aromatic heterocycles. The van der Waals surface area contributed by atoms with E-state index in [0.717, 1.165) is 12.8 Å². The average Bonchev–Trinajstić information content (AvgIpc) is 2.87. The van der Waals surface area contributed by atoms with Crippen molar-refractivity contribution in [2.45, 2.75) is 18.9 Å². The van der Waals surface area contributed by atoms with Crippen LogP contribution in [0.1, 0.15) is 23.2 Å². The minimum atomic E-state index is -0.110. The molecule has 1 aromatic rings. The second-order valence-corrected chi connectivity index (χ2v) is 3.92. The average molecular weight is 211 g/mol. The molecule has 0 bridgehead atoms. The van der Waals surface area contributed by atoms with Gasteiger partial charge in [-0.1, -0.05) is 11.6 Å². The zero-order valence-corrected chi connectivity index (χ0v) is 8.34. The van der Waals surface area contributed by atoms with Crippen LogP contribution in [-0.2, 0) is 0 Å². The first-order valence-corrected chi connectivity index (χ1v) is 4.90. The number of anilines is 1. The summed E-state index contributed by atoms with van der Waals surface area (Å²) in [5, 5.41) is 3.42. The predicted octanol–water partition coefficient (Wildman–Crippen LogP) is 1.81. The van der Waals surface area contributed by atoms with Gasteiger partial charge in [0.2, 0.25) is 0 Å². The fraction of sp³-hybridized carbons (Fsp3) is 0.300. The molecule has 1 amide bonds. The summed E-state index contributed by atoms with van der Waals surface area (Å²) < 4.78 is 0. The van der Waals surface area contributed by atoms with Gasteiger partial charge in [-0.05, 0) is 31.0 Å². The number of nitrogen functional groups attached to an aromatic ring is 1. The lowest BCUT2D eigenvalue weighted by molar-refractivity contribution is 0.0952. The molecule has 2 rings (SSSR count). The Morgan fingerprint density at radius 1 is 1.50 bits per heavy atom. The highest BCUT2D eigenvalue weighted by Crippen LogP contribution is 2.22. The van der Waals surface area contributed by atoms with Crippen molar-refractivity contribution in [3.63, 3.8) is 0 Å². The van der Waals surface area contributed by atoms with Crippen molar-refractivity contribution in [3.05, 3.63) is 28.8 Å². The maximum Gasteiger partial charge on any atom is 0.253 e. The summed E-state index contributed by atoms with van der Waals surface area (Å²) in [6.07, 6.45) is 2.14. The van der Waals surface area contributed by atoms with Gasteiger partial charge < -0.3 is 11.1 Å². The van der Waals surface area contributed by atoms with Crippen molar-refractivity contribution >= 4 is 23.2 Å². The summed E-state index contributed by atoms with van der Waals surface area (Å²) in [6, 6.07) is 5.25. The van der Waals surface area contributed by atoms with Crippen molar-refractivity contribution < 1.29 is 4.79 Å². The van der Waals surface area contributed by atoms with Crippen LogP contribution in [0.25, 0.3) is 0 Å². The van der Waals surface area contributed by atoms with E-state index in [1.807, 2.05) is 0 Å². The van der Waals surface area contributed by atoms with Crippen LogP contribution < -0.4 is 11.1 Å². The zero-order valence-electron chi connectivity index (χ0n) is 7.59. The maximum atomic E-state index is 11.6. The molecule has 0 atom stereocenters. The van der Waals surface area contributed by atoms with Crippen LogP contribution in [0.4, 0.5) is 5.69 Å². The summed E-state index contributed by atoms with van der Waals surface area (Å²) in [6.45, 7) is 0. The summed E-state index contributed by atoms with van der Waals surface area (Å²) >= 11 is 5.73. The Morgan fingerprint density at radius 3 is 2.79 bits per heavy atom. The molecule has 0 unspecified atom stereocenters. The molecule has 0 spiro atoms. The van der Waals surface area contributed by atoms with Crippen LogP contribution in [0.15, 0.2) is 18.2 Å². The predicted molar refractivity (Wildman–Crippen MR) is 56.4 cm³/mol. The Morgan fingerprint density at radius 2 is 2.21 bits per heavy atom. The zero-order chi connectivity index (χ0) is 10.1. The summed E-state index contributed by atoms with van der Waals surface area (Å²) in [5.74, 6) is -0.110. The number of halogens is 1. The normalized spacial score (nSPS) is 15.2. The molecule has 1 aliphatic rings. The van der Waals surface area contributed by atoms with E-state index in [9.17, 15) is 4.79 Å². The van der Waals surface area contributed by atoms with Gasteiger partial charge in [-0.2, -0.15) is 0 Å². The van der Waals surface area contributed by atoms with Crippen molar-refractivity contribution in [2.75, 3.05) is 5.73 Å². The molecular weight excluding hydrogens is 200 g/mol. The van der Waals surface area contributed by atoms with E-state index >= 15 is 0 Å². The Bertz CT molecular complexity index is 374. The van der Waals surface area contributed by atoms with Crippen molar-refractivity contribution in [1.29, 1.82) is 0 Å². The van der Waals surface area contributed by atoms with Gasteiger partial charge in [-0.3, -0.25) is 4.79 Å². The number of carbonyl (C=O) groups excluding carboxylic acids is 1. The van der Waals surface area contributed by atoms with Crippen molar-refractivity contribution in [2.24, 2.45) is 0 Å². The highest BCUT2D eigenvalue weighted by atomic mass is 35.5. The number of hydrogen-bond donors (Lipinski definition) is 2. The SMILES string of the molecule is Nc1cc(Cl)ccc1C(=O)NC1CC1. The molecule has 1 aromatic carbocycles. The van der Waals surface area contributed by atoms with Gasteiger partial charge in [-0.15, -0.1) is 0 Å². The number of amides is 1. The highest BCUT2D eigenvalue weighted by molar-refractivity contribution is 6.31. The third-order valence-electron chi connectivity index (χ3n) is 2.17. The fourth-order valence-electron chi connectivity index (χ4n) is 1.23. The Hall–Kier alpha value is -1.22. The first kappa shape index (κ1) is 9.34. The first-order chi connectivity index (χ1) is 6.66. The van der Waals surface area contributed by atoms with Crippen LogP contribution >= 0.6 is 11.6 Å². The summed E-state index contributed by atoms with van der Waals surface area (Å²) in [5.41, 5.74) is 6.60. The first-order valence-electron chi connectivity index (χ1n) is 4.52. The van der Waals surface area contributed by atoms with Gasteiger partial charge in [-0.25, -0.2) is 0 Å². The molecular formula is C10H11ClN2O. The Kier molecular flexibility index (Phi) is 2.33. The summed E-state index contributed by atoms with van der Waals surface area (Å²) in [4.78, 5) is 11.6. The lowest BCUT2D eigenvalue weighted by Crippen LogP contribution is -2.26. The van der Waals surface area contributed by atoms with Crippen molar-refractivity contribution in [1.82, 2.24) is 5.32 Å². The van der Waals surface area contributed by atoms with E-state index in [4.69, 9.17) is 17.3 Å². The highest BCUT2D eigenvalue weighted by Gasteiger charge is 2.24. The second kappa shape index (κ2) is 3.50. The van der Waals surface area contributed by atoms with E-state index in [1.165, 1.54) is 0 Å². The van der Waals surface area contributed by atoms with E-state index in [0.29, 0.717) is 22.3 Å². The lowest BCUT2D eigenvalue weighted by atomic mass is 10.1. The number of benzene rings is 1. The number of nitrogens with one attached hydrogen (secondary N) is 1. The van der Waals surface area contributed by atoms with Gasteiger partial charge in [0.15, 0.2) is 0 Å². The monoisotopic (exact) mass is 210 g/mol. The number of nitrogens with two attached hydrogens (primary N) is 1. The van der Waals surface area contributed by atoms with Gasteiger partial charge >= 0.3 is 0 Å². The Labute approximate surface area is 87.2 Å². The molecule has 1 aliphatic carbocycles. The van der Waals surface area contributed by atoms with Crippen LogP contribution in [0.3, 0.4) is 0 Å². The minimum absolute atomic E-state index is 0.110.